The zero-order chi connectivity index (χ0) is 20.2. The predicted molar refractivity (Wildman–Crippen MR) is 131 cm³/mol. The topological polar surface area (TPSA) is 0 Å². The molecule has 0 spiro atoms. The van der Waals surface area contributed by atoms with Crippen LogP contribution in [0.15, 0.2) is 0 Å². The van der Waals surface area contributed by atoms with Crippen molar-refractivity contribution in [3.63, 3.8) is 0 Å². The van der Waals surface area contributed by atoms with Gasteiger partial charge in [-0.05, 0) is 6.42 Å². The smallest absolute Gasteiger partial charge is 0.166 e. The largest absolute Gasteiger partial charge is 0.168 e. The average Bonchev–Trinajstić information content (AvgIpc) is 2.62. The van der Waals surface area contributed by atoms with Crippen molar-refractivity contribution in [1.82, 2.24) is 0 Å². The summed E-state index contributed by atoms with van der Waals surface area (Å²) >= 11 is 12.7. The van der Waals surface area contributed by atoms with E-state index in [9.17, 15) is 0 Å². The predicted octanol–water partition coefficient (Wildman–Crippen LogP) is 10.4. The van der Waals surface area contributed by atoms with Gasteiger partial charge in [-0.1, -0.05) is 142 Å². The molecular weight excluding hydrogens is 387 g/mol. The van der Waals surface area contributed by atoms with Crippen LogP contribution < -0.4 is 0 Å². The normalized spacial score (nSPS) is 13.2. The molecule has 0 aromatic heterocycles. The molecule has 0 rings (SSSR count). The Hall–Kier alpha value is 0.797. The van der Waals surface area contributed by atoms with Gasteiger partial charge in [-0.25, -0.2) is 0 Å². The van der Waals surface area contributed by atoms with Crippen molar-refractivity contribution in [3.05, 3.63) is 0 Å². The molecule has 0 saturated heterocycles. The molecule has 0 aliphatic rings. The highest BCUT2D eigenvalue weighted by Crippen LogP contribution is 2.24. The minimum atomic E-state index is -1.64. The van der Waals surface area contributed by atoms with Crippen LogP contribution in [0.1, 0.15) is 135 Å². The summed E-state index contributed by atoms with van der Waals surface area (Å²) in [6, 6.07) is 0. The van der Waals surface area contributed by atoms with Crippen LogP contribution in [0.5, 0.6) is 0 Å². The Balaban J connectivity index is 3.09. The Bertz CT molecular complexity index is 289. The van der Waals surface area contributed by atoms with Gasteiger partial charge in [-0.2, -0.15) is 11.1 Å². The van der Waals surface area contributed by atoms with Crippen molar-refractivity contribution >= 4 is 30.1 Å². The van der Waals surface area contributed by atoms with Gasteiger partial charge in [0.2, 0.25) is 0 Å². The van der Waals surface area contributed by atoms with Gasteiger partial charge in [0.05, 0.1) is 0 Å². The van der Waals surface area contributed by atoms with E-state index in [1.165, 1.54) is 122 Å². The van der Waals surface area contributed by atoms with E-state index in [1.807, 2.05) is 0 Å². The third-order valence-corrected chi connectivity index (χ3v) is 10.6. The van der Waals surface area contributed by atoms with Crippen LogP contribution in [0, 0.1) is 0 Å². The van der Waals surface area contributed by atoms with Crippen LogP contribution in [0.2, 0.25) is 13.1 Å². The maximum absolute atomic E-state index is 6.38. The molecule has 3 heteroatoms. The van der Waals surface area contributed by atoms with E-state index in [4.69, 9.17) is 22.7 Å². The SMILES string of the molecule is CCCCCCCCCCCCCCCCCCCCCC(Cl)[Si](C)(C)Cl. The van der Waals surface area contributed by atoms with Crippen molar-refractivity contribution in [3.8, 4) is 0 Å². The molecule has 164 valence electrons. The number of halogens is 2. The van der Waals surface area contributed by atoms with Crippen LogP contribution in [0.3, 0.4) is 0 Å². The highest BCUT2D eigenvalue weighted by atomic mass is 35.6. The minimum absolute atomic E-state index is 0.241. The summed E-state index contributed by atoms with van der Waals surface area (Å²) in [6.45, 7) is 6.60. The molecule has 0 saturated carbocycles. The first-order chi connectivity index (χ1) is 13.0. The van der Waals surface area contributed by atoms with Crippen LogP contribution in [-0.2, 0) is 0 Å². The van der Waals surface area contributed by atoms with E-state index in [0.717, 1.165) is 6.42 Å². The molecule has 0 aromatic rings. The van der Waals surface area contributed by atoms with Crippen LogP contribution in [0.25, 0.3) is 0 Å². The second-order valence-corrected chi connectivity index (χ2v) is 16.8. The molecule has 0 amide bonds. The lowest BCUT2D eigenvalue weighted by Gasteiger charge is -2.19. The van der Waals surface area contributed by atoms with Gasteiger partial charge in [0, 0.05) is 5.00 Å². The average molecular weight is 438 g/mol. The number of hydrogen-bond donors (Lipinski definition) is 0. The van der Waals surface area contributed by atoms with Crippen molar-refractivity contribution in [1.29, 1.82) is 0 Å². The molecule has 0 aliphatic heterocycles. The molecule has 0 radical (unpaired) electrons. The van der Waals surface area contributed by atoms with E-state index in [2.05, 4.69) is 20.0 Å². The fourth-order valence-corrected chi connectivity index (χ4v) is 5.12. The molecule has 0 bridgehead atoms. The van der Waals surface area contributed by atoms with Gasteiger partial charge in [-0.15, -0.1) is 11.6 Å². The van der Waals surface area contributed by atoms with Gasteiger partial charge < -0.3 is 0 Å². The highest BCUT2D eigenvalue weighted by Gasteiger charge is 2.27. The quantitative estimate of drug-likeness (QED) is 0.0725. The summed E-state index contributed by atoms with van der Waals surface area (Å²) in [5.41, 5.74) is 0. The molecule has 27 heavy (non-hydrogen) atoms. The summed E-state index contributed by atoms with van der Waals surface area (Å²) < 4.78 is 0. The third-order valence-electron chi connectivity index (χ3n) is 5.81. The van der Waals surface area contributed by atoms with Gasteiger partial charge in [0.1, 0.15) is 0 Å². The van der Waals surface area contributed by atoms with Gasteiger partial charge in [-0.3, -0.25) is 0 Å². The van der Waals surface area contributed by atoms with E-state index < -0.39 is 7.38 Å². The maximum Gasteiger partial charge on any atom is 0.168 e. The van der Waals surface area contributed by atoms with Crippen molar-refractivity contribution < 1.29 is 0 Å². The van der Waals surface area contributed by atoms with E-state index >= 15 is 0 Å². The molecule has 1 atom stereocenters. The summed E-state index contributed by atoms with van der Waals surface area (Å²) in [4.78, 5) is 0. The van der Waals surface area contributed by atoms with E-state index in [0.29, 0.717) is 0 Å². The second kappa shape index (κ2) is 20.1. The molecule has 0 heterocycles. The Morgan fingerprint density at radius 1 is 0.519 bits per heavy atom. The highest BCUT2D eigenvalue weighted by molar-refractivity contribution is 7.22. The van der Waals surface area contributed by atoms with Gasteiger partial charge in [0.15, 0.2) is 7.38 Å². The first-order valence-corrected chi connectivity index (χ1v) is 16.8. The second-order valence-electron chi connectivity index (χ2n) is 9.18. The summed E-state index contributed by atoms with van der Waals surface area (Å²) in [7, 11) is -1.64. The first-order valence-electron chi connectivity index (χ1n) is 12.3. The molecule has 0 N–H and O–H groups in total. The van der Waals surface area contributed by atoms with Crippen molar-refractivity contribution in [2.75, 3.05) is 0 Å². The molecule has 0 nitrogen and oxygen atoms in total. The Labute approximate surface area is 183 Å². The minimum Gasteiger partial charge on any atom is -0.166 e. The zero-order valence-corrected chi connectivity index (χ0v) is 21.5. The monoisotopic (exact) mass is 436 g/mol. The lowest BCUT2D eigenvalue weighted by molar-refractivity contribution is 0.522. The number of hydrogen-bond acceptors (Lipinski definition) is 0. The Morgan fingerprint density at radius 3 is 1.04 bits per heavy atom. The maximum atomic E-state index is 6.38. The van der Waals surface area contributed by atoms with Crippen molar-refractivity contribution in [2.45, 2.75) is 153 Å². The van der Waals surface area contributed by atoms with Crippen molar-refractivity contribution in [2.24, 2.45) is 0 Å². The summed E-state index contributed by atoms with van der Waals surface area (Å²) in [6.07, 6.45) is 28.3. The number of rotatable bonds is 21. The number of unbranched alkanes of at least 4 members (excludes halogenated alkanes) is 18. The fraction of sp³-hybridized carbons (Fsp3) is 1.00. The Morgan fingerprint density at radius 2 is 0.778 bits per heavy atom. The first kappa shape index (κ1) is 27.8. The third kappa shape index (κ3) is 21.3. The molecule has 1 unspecified atom stereocenters. The Kier molecular flexibility index (Phi) is 20.7. The van der Waals surface area contributed by atoms with Gasteiger partial charge in [0.25, 0.3) is 0 Å². The molecule has 0 aromatic carbocycles. The summed E-state index contributed by atoms with van der Waals surface area (Å²) in [5.74, 6) is 0. The summed E-state index contributed by atoms with van der Waals surface area (Å²) in [5, 5.41) is 0.241. The molecule has 0 aliphatic carbocycles. The van der Waals surface area contributed by atoms with Crippen LogP contribution in [0.4, 0.5) is 0 Å². The lowest BCUT2D eigenvalue weighted by atomic mass is 10.0. The zero-order valence-electron chi connectivity index (χ0n) is 19.0. The van der Waals surface area contributed by atoms with Crippen LogP contribution in [-0.4, -0.2) is 12.4 Å². The van der Waals surface area contributed by atoms with E-state index in [1.54, 1.807) is 0 Å². The number of alkyl halides is 1. The van der Waals surface area contributed by atoms with Crippen LogP contribution >= 0.6 is 22.7 Å². The van der Waals surface area contributed by atoms with Gasteiger partial charge >= 0.3 is 0 Å². The standard InChI is InChI=1S/C24H50Cl2Si/c1-4-5-6-7-8-9-10-11-12-13-14-15-16-17-18-19-20-21-22-23-24(25)27(2,3)26/h24H,4-23H2,1-3H3. The fourth-order valence-electron chi connectivity index (χ4n) is 3.75. The molecule has 0 fully saturated rings. The van der Waals surface area contributed by atoms with E-state index in [-0.39, 0.29) is 5.00 Å². The molecular formula is C24H50Cl2Si. The lowest BCUT2D eigenvalue weighted by Crippen LogP contribution is -2.31.